The van der Waals surface area contributed by atoms with Crippen molar-refractivity contribution in [1.29, 1.82) is 0 Å². The van der Waals surface area contributed by atoms with Crippen LogP contribution < -0.4 is 24.8 Å². The third kappa shape index (κ3) is 7.08. The quantitative estimate of drug-likeness (QED) is 0.212. The third-order valence-corrected chi connectivity index (χ3v) is 8.05. The third-order valence-electron chi connectivity index (χ3n) is 8.05. The molecule has 8 aromatic rings. The summed E-state index contributed by atoms with van der Waals surface area (Å²) in [5.41, 5.74) is 8.67. The van der Waals surface area contributed by atoms with Gasteiger partial charge < -0.3 is 33.6 Å². The Bertz CT molecular complexity index is 2160. The zero-order valence-corrected chi connectivity index (χ0v) is 29.8. The zero-order chi connectivity index (χ0) is 29.3. The van der Waals surface area contributed by atoms with E-state index in [1.54, 1.807) is 0 Å². The van der Waals surface area contributed by atoms with Crippen LogP contribution in [-0.2, 0) is 26.2 Å². The van der Waals surface area contributed by atoms with E-state index >= 15 is 0 Å². The summed E-state index contributed by atoms with van der Waals surface area (Å²) in [6.45, 7) is 6.12. The molecule has 2 heterocycles. The molecular formula is C41H32Cl2O2Zr. The van der Waals surface area contributed by atoms with Gasteiger partial charge in [-0.1, -0.05) is 101 Å². The summed E-state index contributed by atoms with van der Waals surface area (Å²) in [4.78, 5) is 0. The van der Waals surface area contributed by atoms with Crippen molar-refractivity contribution >= 4 is 21.5 Å². The fourth-order valence-electron chi connectivity index (χ4n) is 5.95. The monoisotopic (exact) mass is 716 g/mol. The standard InChI is InChI=1S/C21H17O.C20H15O.2ClH.Zr/c1-14-8-10-17-12-18(20-11-9-15(2)22-20)13-19(17)21(14)16-6-4-3-5-7-16;1-14-10-11-20(21-14)17-12-16-8-5-9-18(19(16)13-17)15-6-3-2-4-7-15;;;/h3-13H,1-2H3;2-13H,1H3;2*1H;/q2*-1;;;+4/p-2. The minimum absolute atomic E-state index is 0. The molecule has 0 fully saturated rings. The largest absolute Gasteiger partial charge is 4.00 e. The predicted molar refractivity (Wildman–Crippen MR) is 180 cm³/mol. The Labute approximate surface area is 301 Å². The van der Waals surface area contributed by atoms with Gasteiger partial charge in [-0.3, -0.25) is 0 Å². The van der Waals surface area contributed by atoms with Gasteiger partial charge in [0.05, 0.1) is 23.0 Å². The molecule has 0 N–H and O–H groups in total. The first kappa shape index (κ1) is 35.0. The number of rotatable bonds is 4. The summed E-state index contributed by atoms with van der Waals surface area (Å²) in [6, 6.07) is 48.9. The van der Waals surface area contributed by atoms with Gasteiger partial charge in [0.2, 0.25) is 0 Å². The number of benzene rings is 4. The Hall–Kier alpha value is -3.88. The molecule has 0 saturated heterocycles. The first-order chi connectivity index (χ1) is 21.0. The van der Waals surface area contributed by atoms with Crippen molar-refractivity contribution in [1.82, 2.24) is 0 Å². The SMILES string of the molecule is Cc1ccc(-c2cc3c(-c4ccccc4)c(C)ccc3[cH-]2)o1.Cc1ccc(-c2cc3c(-c4ccccc4)cccc3[cH-]2)o1.[Cl-].[Cl-].[Zr+4]. The fraction of sp³-hybridized carbons (Fsp3) is 0.0732. The molecule has 0 unspecified atom stereocenters. The van der Waals surface area contributed by atoms with E-state index in [1.807, 2.05) is 44.2 Å². The topological polar surface area (TPSA) is 26.3 Å². The van der Waals surface area contributed by atoms with Crippen LogP contribution in [0.25, 0.3) is 66.4 Å². The molecule has 0 aliphatic heterocycles. The zero-order valence-electron chi connectivity index (χ0n) is 25.9. The molecule has 0 aliphatic carbocycles. The maximum atomic E-state index is 5.77. The molecule has 0 amide bonds. The summed E-state index contributed by atoms with van der Waals surface area (Å²) >= 11 is 0. The van der Waals surface area contributed by atoms with Gasteiger partial charge in [-0.25, -0.2) is 0 Å². The summed E-state index contributed by atoms with van der Waals surface area (Å²) in [5.74, 6) is 3.76. The average Bonchev–Trinajstić information content (AvgIpc) is 3.84. The summed E-state index contributed by atoms with van der Waals surface area (Å²) in [6.07, 6.45) is 0. The van der Waals surface area contributed by atoms with E-state index in [0.29, 0.717) is 0 Å². The van der Waals surface area contributed by atoms with Gasteiger partial charge in [0.25, 0.3) is 0 Å². The number of hydrogen-bond donors (Lipinski definition) is 0. The first-order valence-corrected chi connectivity index (χ1v) is 14.7. The van der Waals surface area contributed by atoms with E-state index in [4.69, 9.17) is 8.83 Å². The first-order valence-electron chi connectivity index (χ1n) is 14.7. The second-order valence-electron chi connectivity index (χ2n) is 11.1. The van der Waals surface area contributed by atoms with Crippen molar-refractivity contribution in [3.05, 3.63) is 157 Å². The van der Waals surface area contributed by atoms with Crippen LogP contribution >= 0.6 is 0 Å². The van der Waals surface area contributed by atoms with Crippen LogP contribution in [0.2, 0.25) is 0 Å². The second-order valence-corrected chi connectivity index (χ2v) is 11.1. The molecule has 226 valence electrons. The molecule has 2 aromatic heterocycles. The van der Waals surface area contributed by atoms with E-state index < -0.39 is 0 Å². The van der Waals surface area contributed by atoms with Crippen molar-refractivity contribution in [3.63, 3.8) is 0 Å². The van der Waals surface area contributed by atoms with Crippen LogP contribution in [0.3, 0.4) is 0 Å². The van der Waals surface area contributed by atoms with E-state index in [2.05, 4.69) is 116 Å². The minimum atomic E-state index is 0. The molecule has 2 nitrogen and oxygen atoms in total. The molecule has 0 spiro atoms. The van der Waals surface area contributed by atoms with Crippen LogP contribution in [0, 0.1) is 20.8 Å². The number of furan rings is 2. The van der Waals surface area contributed by atoms with E-state index in [1.165, 1.54) is 49.4 Å². The Morgan fingerprint density at radius 3 is 1.54 bits per heavy atom. The minimum Gasteiger partial charge on any atom is -1.00 e. The molecule has 0 aliphatic rings. The smallest absolute Gasteiger partial charge is 1.00 e. The Morgan fingerprint density at radius 1 is 0.478 bits per heavy atom. The summed E-state index contributed by atoms with van der Waals surface area (Å²) in [5, 5.41) is 5.07. The normalized spacial score (nSPS) is 10.4. The molecule has 0 bridgehead atoms. The second kappa shape index (κ2) is 15.1. The van der Waals surface area contributed by atoms with Crippen molar-refractivity contribution in [2.24, 2.45) is 0 Å². The molecule has 5 heteroatoms. The summed E-state index contributed by atoms with van der Waals surface area (Å²) < 4.78 is 11.5. The fourth-order valence-corrected chi connectivity index (χ4v) is 5.95. The van der Waals surface area contributed by atoms with Crippen molar-refractivity contribution in [2.45, 2.75) is 20.8 Å². The molecule has 8 rings (SSSR count). The van der Waals surface area contributed by atoms with Gasteiger partial charge in [-0.2, -0.15) is 0 Å². The molecule has 0 radical (unpaired) electrons. The number of hydrogen-bond acceptors (Lipinski definition) is 2. The Kier molecular flexibility index (Phi) is 11.5. The molecule has 46 heavy (non-hydrogen) atoms. The maximum absolute atomic E-state index is 5.77. The average molecular weight is 719 g/mol. The van der Waals surface area contributed by atoms with E-state index in [9.17, 15) is 0 Å². The molecule has 0 atom stereocenters. The van der Waals surface area contributed by atoms with Crippen molar-refractivity contribution in [3.8, 4) is 44.9 Å². The number of halogens is 2. The Morgan fingerprint density at radius 2 is 1.00 bits per heavy atom. The van der Waals surface area contributed by atoms with Gasteiger partial charge in [-0.15, -0.1) is 57.9 Å². The van der Waals surface area contributed by atoms with Gasteiger partial charge in [0.1, 0.15) is 0 Å². The van der Waals surface area contributed by atoms with Gasteiger partial charge in [0.15, 0.2) is 0 Å². The Balaban J connectivity index is 0.000000196. The molecule has 6 aromatic carbocycles. The molecule has 0 saturated carbocycles. The van der Waals surface area contributed by atoms with Crippen LogP contribution in [0.15, 0.2) is 148 Å². The molecular weight excluding hydrogens is 687 g/mol. The van der Waals surface area contributed by atoms with Crippen molar-refractivity contribution < 1.29 is 59.9 Å². The number of aryl methyl sites for hydroxylation is 3. The summed E-state index contributed by atoms with van der Waals surface area (Å²) in [7, 11) is 0. The van der Waals surface area contributed by atoms with Crippen LogP contribution in [0.5, 0.6) is 0 Å². The van der Waals surface area contributed by atoms with Crippen LogP contribution in [0.1, 0.15) is 17.1 Å². The van der Waals surface area contributed by atoms with E-state index in [0.717, 1.165) is 34.2 Å². The van der Waals surface area contributed by atoms with Gasteiger partial charge in [0, 0.05) is 0 Å². The van der Waals surface area contributed by atoms with Crippen LogP contribution in [-0.4, -0.2) is 0 Å². The maximum Gasteiger partial charge on any atom is 4.00 e. The van der Waals surface area contributed by atoms with Crippen LogP contribution in [0.4, 0.5) is 0 Å². The van der Waals surface area contributed by atoms with Gasteiger partial charge in [-0.05, 0) is 61.7 Å². The number of fused-ring (bicyclic) bond motifs is 2. The predicted octanol–water partition coefficient (Wildman–Crippen LogP) is 5.90. The van der Waals surface area contributed by atoms with Crippen molar-refractivity contribution in [2.75, 3.05) is 0 Å². The van der Waals surface area contributed by atoms with Gasteiger partial charge >= 0.3 is 26.2 Å². The van der Waals surface area contributed by atoms with E-state index in [-0.39, 0.29) is 51.0 Å².